The lowest BCUT2D eigenvalue weighted by molar-refractivity contribution is -0.126. The molecule has 1 heterocycles. The molecule has 0 aromatic heterocycles. The van der Waals surface area contributed by atoms with Gasteiger partial charge in [-0.25, -0.2) is 4.39 Å². The standard InChI is InChI=1S/C22H25Cl2FN2OS/c23-19-5-2-1-4-17(19)14-27-11-8-16(9-12-27)22(28)26-10-13-29-15-18-20(24)6-3-7-21(18)25/h1-7,16H,8-15H2,(H,26,28). The SMILES string of the molecule is O=C(NCCSCc1c(F)cccc1Cl)C1CCN(Cc2ccccc2Cl)CC1. The van der Waals surface area contributed by atoms with Crippen molar-refractivity contribution in [1.29, 1.82) is 0 Å². The van der Waals surface area contributed by atoms with Crippen molar-refractivity contribution in [2.45, 2.75) is 25.1 Å². The third kappa shape index (κ3) is 6.61. The Labute approximate surface area is 185 Å². The minimum Gasteiger partial charge on any atom is -0.355 e. The van der Waals surface area contributed by atoms with Crippen LogP contribution in [0.25, 0.3) is 0 Å². The van der Waals surface area contributed by atoms with Crippen LogP contribution in [0.15, 0.2) is 42.5 Å². The lowest BCUT2D eigenvalue weighted by atomic mass is 9.95. The molecule has 2 aromatic carbocycles. The first-order chi connectivity index (χ1) is 14.0. The molecule has 0 aliphatic carbocycles. The second-order valence-corrected chi connectivity index (χ2v) is 9.11. The van der Waals surface area contributed by atoms with Crippen molar-refractivity contribution in [3.8, 4) is 0 Å². The third-order valence-electron chi connectivity index (χ3n) is 5.16. The second kappa shape index (κ2) is 11.2. The van der Waals surface area contributed by atoms with Gasteiger partial charge in [-0.2, -0.15) is 11.8 Å². The molecule has 1 aliphatic heterocycles. The van der Waals surface area contributed by atoms with Gasteiger partial charge in [0, 0.05) is 46.1 Å². The van der Waals surface area contributed by atoms with Crippen LogP contribution in [0.4, 0.5) is 4.39 Å². The molecule has 156 valence electrons. The van der Waals surface area contributed by atoms with Gasteiger partial charge in [0.05, 0.1) is 0 Å². The summed E-state index contributed by atoms with van der Waals surface area (Å²) in [4.78, 5) is 14.8. The molecule has 1 amide bonds. The molecule has 0 spiro atoms. The smallest absolute Gasteiger partial charge is 0.223 e. The van der Waals surface area contributed by atoms with E-state index in [-0.39, 0.29) is 17.6 Å². The lowest BCUT2D eigenvalue weighted by Gasteiger charge is -2.31. The first kappa shape index (κ1) is 22.4. The predicted molar refractivity (Wildman–Crippen MR) is 120 cm³/mol. The molecule has 3 nitrogen and oxygen atoms in total. The highest BCUT2D eigenvalue weighted by Gasteiger charge is 2.25. The van der Waals surface area contributed by atoms with E-state index in [1.54, 1.807) is 23.9 Å². The molecule has 1 N–H and O–H groups in total. The fraction of sp³-hybridized carbons (Fsp3) is 0.409. The summed E-state index contributed by atoms with van der Waals surface area (Å²) in [7, 11) is 0. The number of hydrogen-bond acceptors (Lipinski definition) is 3. The molecule has 0 bridgehead atoms. The normalized spacial score (nSPS) is 15.4. The number of rotatable bonds is 8. The van der Waals surface area contributed by atoms with E-state index >= 15 is 0 Å². The van der Waals surface area contributed by atoms with Gasteiger partial charge in [-0.05, 0) is 49.7 Å². The Morgan fingerprint density at radius 3 is 2.55 bits per heavy atom. The summed E-state index contributed by atoms with van der Waals surface area (Å²) >= 11 is 13.8. The highest BCUT2D eigenvalue weighted by molar-refractivity contribution is 7.98. The van der Waals surface area contributed by atoms with Crippen LogP contribution in [0.1, 0.15) is 24.0 Å². The Balaban J connectivity index is 1.33. The second-order valence-electron chi connectivity index (χ2n) is 7.19. The lowest BCUT2D eigenvalue weighted by Crippen LogP contribution is -2.40. The van der Waals surface area contributed by atoms with Crippen LogP contribution in [0.3, 0.4) is 0 Å². The molecule has 0 radical (unpaired) electrons. The number of carbonyl (C=O) groups excluding carboxylic acids is 1. The Bertz CT molecular complexity index is 808. The van der Waals surface area contributed by atoms with Gasteiger partial charge in [-0.15, -0.1) is 0 Å². The summed E-state index contributed by atoms with van der Waals surface area (Å²) in [6.45, 7) is 3.19. The summed E-state index contributed by atoms with van der Waals surface area (Å²) in [5.74, 6) is 1.12. The van der Waals surface area contributed by atoms with Crippen molar-refractivity contribution >= 4 is 40.9 Å². The highest BCUT2D eigenvalue weighted by Crippen LogP contribution is 2.24. The maximum absolute atomic E-state index is 13.7. The topological polar surface area (TPSA) is 32.3 Å². The molecule has 1 aliphatic rings. The Morgan fingerprint density at radius 1 is 1.10 bits per heavy atom. The monoisotopic (exact) mass is 454 g/mol. The van der Waals surface area contributed by atoms with Crippen LogP contribution in [0, 0.1) is 11.7 Å². The summed E-state index contributed by atoms with van der Waals surface area (Å²) in [5.41, 5.74) is 1.65. The molecule has 3 rings (SSSR count). The van der Waals surface area contributed by atoms with Gasteiger partial charge in [0.15, 0.2) is 0 Å². The van der Waals surface area contributed by atoms with E-state index in [0.717, 1.165) is 48.8 Å². The summed E-state index contributed by atoms with van der Waals surface area (Å²) in [5, 5.41) is 4.26. The quantitative estimate of drug-likeness (QED) is 0.542. The molecule has 1 fully saturated rings. The molecule has 0 saturated carbocycles. The Hall–Kier alpha value is -1.27. The first-order valence-corrected chi connectivity index (χ1v) is 11.7. The van der Waals surface area contributed by atoms with Crippen LogP contribution in [-0.2, 0) is 17.1 Å². The van der Waals surface area contributed by atoms with E-state index in [0.29, 0.717) is 22.9 Å². The average Bonchev–Trinajstić information content (AvgIpc) is 2.72. The number of nitrogens with one attached hydrogen (secondary N) is 1. The Morgan fingerprint density at radius 2 is 1.83 bits per heavy atom. The highest BCUT2D eigenvalue weighted by atomic mass is 35.5. The van der Waals surface area contributed by atoms with E-state index in [4.69, 9.17) is 23.2 Å². The zero-order valence-corrected chi connectivity index (χ0v) is 18.5. The van der Waals surface area contributed by atoms with Gasteiger partial charge in [-0.1, -0.05) is 47.5 Å². The molecular weight excluding hydrogens is 430 g/mol. The van der Waals surface area contributed by atoms with Crippen molar-refractivity contribution in [2.75, 3.05) is 25.4 Å². The van der Waals surface area contributed by atoms with Gasteiger partial charge in [0.2, 0.25) is 5.91 Å². The summed E-state index contributed by atoms with van der Waals surface area (Å²) in [6, 6.07) is 12.6. The Kier molecular flexibility index (Phi) is 8.67. The number of piperidine rings is 1. The number of nitrogens with zero attached hydrogens (tertiary/aromatic N) is 1. The van der Waals surface area contributed by atoms with Crippen molar-refractivity contribution in [2.24, 2.45) is 5.92 Å². The number of benzene rings is 2. The number of carbonyl (C=O) groups is 1. The minimum atomic E-state index is -0.280. The van der Waals surface area contributed by atoms with Gasteiger partial charge >= 0.3 is 0 Å². The van der Waals surface area contributed by atoms with Crippen LogP contribution in [0.2, 0.25) is 10.0 Å². The van der Waals surface area contributed by atoms with Gasteiger partial charge in [0.1, 0.15) is 5.82 Å². The van der Waals surface area contributed by atoms with Crippen molar-refractivity contribution in [3.05, 3.63) is 69.5 Å². The fourth-order valence-electron chi connectivity index (χ4n) is 3.46. The van der Waals surface area contributed by atoms with E-state index in [1.807, 2.05) is 24.3 Å². The summed E-state index contributed by atoms with van der Waals surface area (Å²) < 4.78 is 13.7. The van der Waals surface area contributed by atoms with Crippen molar-refractivity contribution < 1.29 is 9.18 Å². The first-order valence-electron chi connectivity index (χ1n) is 9.78. The van der Waals surface area contributed by atoms with Crippen molar-refractivity contribution in [1.82, 2.24) is 10.2 Å². The number of amides is 1. The average molecular weight is 455 g/mol. The zero-order chi connectivity index (χ0) is 20.6. The number of halogens is 3. The number of thioether (sulfide) groups is 1. The van der Waals surface area contributed by atoms with Gasteiger partial charge in [0.25, 0.3) is 0 Å². The van der Waals surface area contributed by atoms with Gasteiger partial charge in [-0.3, -0.25) is 9.69 Å². The van der Waals surface area contributed by atoms with Crippen LogP contribution < -0.4 is 5.32 Å². The number of likely N-dealkylation sites (tertiary alicyclic amines) is 1. The molecule has 0 atom stereocenters. The molecule has 7 heteroatoms. The van der Waals surface area contributed by atoms with Crippen LogP contribution in [-0.4, -0.2) is 36.2 Å². The van der Waals surface area contributed by atoms with E-state index in [1.165, 1.54) is 6.07 Å². The van der Waals surface area contributed by atoms with E-state index < -0.39 is 0 Å². The summed E-state index contributed by atoms with van der Waals surface area (Å²) in [6.07, 6.45) is 1.71. The van der Waals surface area contributed by atoms with E-state index in [9.17, 15) is 9.18 Å². The molecule has 2 aromatic rings. The van der Waals surface area contributed by atoms with Gasteiger partial charge < -0.3 is 5.32 Å². The minimum absolute atomic E-state index is 0.0588. The molecule has 0 unspecified atom stereocenters. The zero-order valence-electron chi connectivity index (χ0n) is 16.2. The maximum atomic E-state index is 13.7. The fourth-order valence-corrected chi connectivity index (χ4v) is 4.85. The largest absolute Gasteiger partial charge is 0.355 e. The molecular formula is C22H25Cl2FN2OS. The number of hydrogen-bond donors (Lipinski definition) is 1. The van der Waals surface area contributed by atoms with Crippen LogP contribution in [0.5, 0.6) is 0 Å². The molecule has 1 saturated heterocycles. The van der Waals surface area contributed by atoms with E-state index in [2.05, 4.69) is 10.2 Å². The third-order valence-corrected chi connectivity index (χ3v) is 6.87. The predicted octanol–water partition coefficient (Wildman–Crippen LogP) is 5.39. The molecule has 29 heavy (non-hydrogen) atoms. The maximum Gasteiger partial charge on any atom is 0.223 e. The van der Waals surface area contributed by atoms with Crippen molar-refractivity contribution in [3.63, 3.8) is 0 Å². The van der Waals surface area contributed by atoms with Crippen LogP contribution >= 0.6 is 35.0 Å².